The minimum Gasteiger partial charge on any atom is -0.336 e. The molecule has 1 saturated heterocycles. The number of aryl methyl sites for hydroxylation is 2. The Hall–Kier alpha value is -1.97. The molecule has 1 aliphatic rings. The fourth-order valence-electron chi connectivity index (χ4n) is 2.94. The average molecular weight is 401 g/mol. The number of sulfonamides is 1. The van der Waals surface area contributed by atoms with Crippen molar-refractivity contribution in [2.75, 3.05) is 26.2 Å². The second-order valence-corrected chi connectivity index (χ2v) is 8.32. The molecule has 2 heterocycles. The predicted molar refractivity (Wildman–Crippen MR) is 94.0 cm³/mol. The summed E-state index contributed by atoms with van der Waals surface area (Å²) < 4.78 is 41.3. The molecule has 2 aromatic rings. The maximum atomic E-state index is 13.3. The molecule has 140 valence electrons. The van der Waals surface area contributed by atoms with Crippen molar-refractivity contribution in [1.29, 1.82) is 0 Å². The maximum absolute atomic E-state index is 13.3. The zero-order valence-electron chi connectivity index (χ0n) is 14.3. The van der Waals surface area contributed by atoms with Crippen LogP contribution in [0.1, 0.15) is 16.1 Å². The quantitative estimate of drug-likeness (QED) is 0.785. The number of benzene rings is 1. The van der Waals surface area contributed by atoms with Gasteiger partial charge in [0.2, 0.25) is 10.0 Å². The summed E-state index contributed by atoms with van der Waals surface area (Å²) in [4.78, 5) is 14.2. The Balaban J connectivity index is 1.74. The number of amides is 1. The van der Waals surface area contributed by atoms with Crippen molar-refractivity contribution in [3.63, 3.8) is 0 Å². The summed E-state index contributed by atoms with van der Waals surface area (Å²) in [6.07, 6.45) is 0. The van der Waals surface area contributed by atoms with E-state index in [1.165, 1.54) is 27.2 Å². The number of hydrogen-bond donors (Lipinski definition) is 0. The number of rotatable bonds is 3. The van der Waals surface area contributed by atoms with E-state index in [4.69, 9.17) is 11.6 Å². The highest BCUT2D eigenvalue weighted by Crippen LogP contribution is 2.23. The summed E-state index contributed by atoms with van der Waals surface area (Å²) in [5, 5.41) is 4.38. The van der Waals surface area contributed by atoms with Crippen LogP contribution in [0.4, 0.5) is 4.39 Å². The maximum Gasteiger partial charge on any atom is 0.258 e. The van der Waals surface area contributed by atoms with Crippen molar-refractivity contribution in [2.24, 2.45) is 7.05 Å². The molecular weight excluding hydrogens is 383 g/mol. The molecule has 0 bridgehead atoms. The smallest absolute Gasteiger partial charge is 0.258 e. The molecule has 1 aliphatic heterocycles. The number of nitrogens with zero attached hydrogens (tertiary/aromatic N) is 4. The third-order valence-corrected chi connectivity index (χ3v) is 6.65. The molecule has 26 heavy (non-hydrogen) atoms. The van der Waals surface area contributed by atoms with Gasteiger partial charge in [0, 0.05) is 33.2 Å². The molecule has 7 nitrogen and oxygen atoms in total. The number of hydrogen-bond acceptors (Lipinski definition) is 4. The van der Waals surface area contributed by atoms with Gasteiger partial charge in [-0.3, -0.25) is 9.48 Å². The molecule has 1 amide bonds. The molecular formula is C16H18ClFN4O3S. The van der Waals surface area contributed by atoms with E-state index in [1.807, 2.05) is 0 Å². The average Bonchev–Trinajstić information content (AvgIpc) is 2.86. The molecule has 10 heteroatoms. The van der Waals surface area contributed by atoms with Crippen molar-refractivity contribution >= 4 is 27.5 Å². The van der Waals surface area contributed by atoms with Gasteiger partial charge in [0.1, 0.15) is 11.0 Å². The van der Waals surface area contributed by atoms with Gasteiger partial charge in [-0.25, -0.2) is 12.8 Å². The Labute approximate surface area is 156 Å². The van der Waals surface area contributed by atoms with Gasteiger partial charge in [-0.15, -0.1) is 0 Å². The van der Waals surface area contributed by atoms with Crippen LogP contribution in [0.2, 0.25) is 5.15 Å². The van der Waals surface area contributed by atoms with Crippen LogP contribution in [0.25, 0.3) is 0 Å². The Morgan fingerprint density at radius 2 is 1.88 bits per heavy atom. The molecule has 3 rings (SSSR count). The summed E-state index contributed by atoms with van der Waals surface area (Å²) in [5.74, 6) is -0.884. The van der Waals surface area contributed by atoms with E-state index in [-0.39, 0.29) is 42.1 Å². The van der Waals surface area contributed by atoms with E-state index in [2.05, 4.69) is 5.10 Å². The fraction of sp³-hybridized carbons (Fsp3) is 0.375. The molecule has 1 aromatic carbocycles. The van der Waals surface area contributed by atoms with Gasteiger partial charge >= 0.3 is 0 Å². The van der Waals surface area contributed by atoms with Gasteiger partial charge in [0.25, 0.3) is 5.91 Å². The summed E-state index contributed by atoms with van der Waals surface area (Å²) in [6, 6.07) is 4.89. The van der Waals surface area contributed by atoms with Crippen molar-refractivity contribution in [3.8, 4) is 0 Å². The second-order valence-electron chi connectivity index (χ2n) is 6.03. The lowest BCUT2D eigenvalue weighted by Gasteiger charge is -2.34. The van der Waals surface area contributed by atoms with Crippen LogP contribution >= 0.6 is 11.6 Å². The molecule has 0 N–H and O–H groups in total. The Bertz CT molecular complexity index is 952. The first-order valence-electron chi connectivity index (χ1n) is 7.96. The minimum atomic E-state index is -3.80. The number of aromatic nitrogens is 2. The largest absolute Gasteiger partial charge is 0.336 e. The number of carbonyl (C=O) groups excluding carboxylic acids is 1. The van der Waals surface area contributed by atoms with Crippen LogP contribution in [0.5, 0.6) is 0 Å². The van der Waals surface area contributed by atoms with Gasteiger partial charge in [0.15, 0.2) is 0 Å². The lowest BCUT2D eigenvalue weighted by molar-refractivity contribution is 0.0697. The van der Waals surface area contributed by atoms with Gasteiger partial charge in [-0.05, 0) is 25.1 Å². The normalized spacial score (nSPS) is 16.1. The third kappa shape index (κ3) is 3.34. The monoisotopic (exact) mass is 400 g/mol. The highest BCUT2D eigenvalue weighted by molar-refractivity contribution is 7.89. The van der Waals surface area contributed by atoms with Crippen LogP contribution in [-0.2, 0) is 17.1 Å². The van der Waals surface area contributed by atoms with Gasteiger partial charge < -0.3 is 4.90 Å². The number of carbonyl (C=O) groups is 1. The summed E-state index contributed by atoms with van der Waals surface area (Å²) in [6.45, 7) is 2.39. The SMILES string of the molecule is Cc1nn(C)c(Cl)c1C(=O)N1CCN(S(=O)(=O)c2cccc(F)c2)CC1. The highest BCUT2D eigenvalue weighted by atomic mass is 35.5. The van der Waals surface area contributed by atoms with E-state index in [9.17, 15) is 17.6 Å². The van der Waals surface area contributed by atoms with Crippen LogP contribution in [0.3, 0.4) is 0 Å². The molecule has 1 aromatic heterocycles. The van der Waals surface area contributed by atoms with Crippen molar-refractivity contribution in [1.82, 2.24) is 19.0 Å². The van der Waals surface area contributed by atoms with Gasteiger partial charge in [-0.1, -0.05) is 17.7 Å². The lowest BCUT2D eigenvalue weighted by atomic mass is 10.2. The standard InChI is InChI=1S/C16H18ClFN4O3S/c1-11-14(15(17)20(2)19-11)16(23)21-6-8-22(9-7-21)26(24,25)13-5-3-4-12(18)10-13/h3-5,10H,6-9H2,1-2H3. The Morgan fingerprint density at radius 1 is 1.23 bits per heavy atom. The Morgan fingerprint density at radius 3 is 2.42 bits per heavy atom. The first kappa shape index (κ1) is 18.8. The number of piperazine rings is 1. The summed E-state index contributed by atoms with van der Waals surface area (Å²) >= 11 is 6.14. The van der Waals surface area contributed by atoms with Gasteiger partial charge in [-0.2, -0.15) is 9.40 Å². The van der Waals surface area contributed by atoms with Crippen molar-refractivity contribution in [2.45, 2.75) is 11.8 Å². The van der Waals surface area contributed by atoms with E-state index in [0.717, 1.165) is 6.07 Å². The number of halogens is 2. The molecule has 0 saturated carbocycles. The molecule has 0 spiro atoms. The first-order valence-corrected chi connectivity index (χ1v) is 9.77. The zero-order valence-corrected chi connectivity index (χ0v) is 15.9. The predicted octanol–water partition coefficient (Wildman–Crippen LogP) is 1.67. The van der Waals surface area contributed by atoms with Gasteiger partial charge in [0.05, 0.1) is 16.2 Å². The van der Waals surface area contributed by atoms with E-state index in [1.54, 1.807) is 18.9 Å². The van der Waals surface area contributed by atoms with Crippen LogP contribution in [-0.4, -0.2) is 59.5 Å². The first-order chi connectivity index (χ1) is 12.2. The van der Waals surface area contributed by atoms with E-state index >= 15 is 0 Å². The fourth-order valence-corrected chi connectivity index (χ4v) is 4.65. The Kier molecular flexibility index (Phi) is 5.05. The van der Waals surface area contributed by atoms with Crippen molar-refractivity contribution < 1.29 is 17.6 Å². The van der Waals surface area contributed by atoms with E-state index in [0.29, 0.717) is 11.3 Å². The van der Waals surface area contributed by atoms with Crippen LogP contribution in [0.15, 0.2) is 29.2 Å². The van der Waals surface area contributed by atoms with E-state index < -0.39 is 15.8 Å². The zero-order chi connectivity index (χ0) is 19.1. The minimum absolute atomic E-state index is 0.0941. The topological polar surface area (TPSA) is 75.5 Å². The van der Waals surface area contributed by atoms with Crippen LogP contribution < -0.4 is 0 Å². The summed E-state index contributed by atoms with van der Waals surface area (Å²) in [5.41, 5.74) is 0.855. The lowest BCUT2D eigenvalue weighted by Crippen LogP contribution is -2.50. The molecule has 1 fully saturated rings. The highest BCUT2D eigenvalue weighted by Gasteiger charge is 2.32. The van der Waals surface area contributed by atoms with Crippen LogP contribution in [0, 0.1) is 12.7 Å². The molecule has 0 unspecified atom stereocenters. The summed E-state index contributed by atoms with van der Waals surface area (Å²) in [7, 11) is -2.15. The third-order valence-electron chi connectivity index (χ3n) is 4.33. The molecule has 0 atom stereocenters. The van der Waals surface area contributed by atoms with Crippen molar-refractivity contribution in [3.05, 3.63) is 46.5 Å². The molecule has 0 radical (unpaired) electrons. The molecule has 0 aliphatic carbocycles. The second kappa shape index (κ2) is 6.98.